The van der Waals surface area contributed by atoms with Gasteiger partial charge in [-0.2, -0.15) is 0 Å². The van der Waals surface area contributed by atoms with E-state index in [4.69, 9.17) is 14.2 Å². The van der Waals surface area contributed by atoms with E-state index in [1.54, 1.807) is 37.5 Å². The zero-order valence-corrected chi connectivity index (χ0v) is 24.7. The molecule has 2 aromatic carbocycles. The van der Waals surface area contributed by atoms with Crippen LogP contribution in [0.15, 0.2) is 48.5 Å². The van der Waals surface area contributed by atoms with Crippen LogP contribution < -0.4 is 10.6 Å². The van der Waals surface area contributed by atoms with Gasteiger partial charge < -0.3 is 34.6 Å². The lowest BCUT2D eigenvalue weighted by atomic mass is 9.98. The Balaban J connectivity index is 1.39. The van der Waals surface area contributed by atoms with Gasteiger partial charge in [0.1, 0.15) is 18.2 Å². The number of piperazine rings is 1. The van der Waals surface area contributed by atoms with Gasteiger partial charge in [0.25, 0.3) is 0 Å². The van der Waals surface area contributed by atoms with Gasteiger partial charge in [-0.25, -0.2) is 14.4 Å². The average Bonchev–Trinajstić information content (AvgIpc) is 3.28. The van der Waals surface area contributed by atoms with Crippen molar-refractivity contribution in [3.8, 4) is 11.1 Å². The standard InChI is InChI=1S/C31H40N4O7/c1-5-40-30(39)35-18-16-34(17-19-35)27(36)26(14-15-32-28(37)42-31(2,3)4)33-29(38)41-20-25-23-12-8-6-10-21(23)22-11-7-9-13-24(22)25/h6-13,25-26H,5,14-20H2,1-4H3,(H,32,37)(H,33,38). The Morgan fingerprint density at radius 1 is 0.857 bits per heavy atom. The molecule has 0 saturated carbocycles. The number of hydrogen-bond acceptors (Lipinski definition) is 7. The molecule has 0 aromatic heterocycles. The number of ether oxygens (including phenoxy) is 3. The van der Waals surface area contributed by atoms with Crippen LogP contribution in [0.3, 0.4) is 0 Å². The Labute approximate surface area is 246 Å². The summed E-state index contributed by atoms with van der Waals surface area (Å²) < 4.78 is 16.0. The van der Waals surface area contributed by atoms with Gasteiger partial charge in [-0.15, -0.1) is 0 Å². The summed E-state index contributed by atoms with van der Waals surface area (Å²) in [6.07, 6.45) is -1.63. The van der Waals surface area contributed by atoms with Crippen molar-refractivity contribution in [1.82, 2.24) is 20.4 Å². The lowest BCUT2D eigenvalue weighted by molar-refractivity contribution is -0.135. The highest BCUT2D eigenvalue weighted by molar-refractivity contribution is 5.86. The first-order valence-corrected chi connectivity index (χ1v) is 14.4. The fraction of sp³-hybridized carbons (Fsp3) is 0.484. The monoisotopic (exact) mass is 580 g/mol. The number of alkyl carbamates (subject to hydrolysis) is 2. The Morgan fingerprint density at radius 2 is 1.43 bits per heavy atom. The number of amides is 4. The highest BCUT2D eigenvalue weighted by Crippen LogP contribution is 2.44. The highest BCUT2D eigenvalue weighted by Gasteiger charge is 2.32. The van der Waals surface area contributed by atoms with Crippen molar-refractivity contribution in [1.29, 1.82) is 0 Å². The molecule has 226 valence electrons. The molecule has 42 heavy (non-hydrogen) atoms. The third-order valence-electron chi connectivity index (χ3n) is 7.15. The molecule has 1 fully saturated rings. The maximum absolute atomic E-state index is 13.5. The van der Waals surface area contributed by atoms with Crippen LogP contribution in [-0.2, 0) is 19.0 Å². The molecule has 1 aliphatic heterocycles. The van der Waals surface area contributed by atoms with E-state index in [-0.39, 0.29) is 38.0 Å². The molecule has 1 heterocycles. The zero-order chi connectivity index (χ0) is 30.3. The van der Waals surface area contributed by atoms with Crippen LogP contribution in [0.5, 0.6) is 0 Å². The molecule has 11 heteroatoms. The summed E-state index contributed by atoms with van der Waals surface area (Å²) >= 11 is 0. The van der Waals surface area contributed by atoms with E-state index in [9.17, 15) is 19.2 Å². The number of nitrogens with zero attached hydrogens (tertiary/aromatic N) is 2. The smallest absolute Gasteiger partial charge is 0.409 e. The molecule has 0 bridgehead atoms. The summed E-state index contributed by atoms with van der Waals surface area (Å²) in [4.78, 5) is 53.9. The van der Waals surface area contributed by atoms with Crippen molar-refractivity contribution in [2.45, 2.75) is 51.7 Å². The molecule has 2 N–H and O–H groups in total. The number of fused-ring (bicyclic) bond motifs is 3. The zero-order valence-electron chi connectivity index (χ0n) is 24.7. The molecule has 1 aliphatic carbocycles. The highest BCUT2D eigenvalue weighted by atomic mass is 16.6. The minimum atomic E-state index is -0.954. The predicted octanol–water partition coefficient (Wildman–Crippen LogP) is 4.11. The molecule has 2 aliphatic rings. The molecule has 2 aromatic rings. The molecule has 0 spiro atoms. The van der Waals surface area contributed by atoms with Gasteiger partial charge in [-0.3, -0.25) is 4.79 Å². The topological polar surface area (TPSA) is 127 Å². The van der Waals surface area contributed by atoms with Crippen molar-refractivity contribution in [3.05, 3.63) is 59.7 Å². The Bertz CT molecular complexity index is 1240. The van der Waals surface area contributed by atoms with Crippen molar-refractivity contribution in [2.24, 2.45) is 0 Å². The van der Waals surface area contributed by atoms with Gasteiger partial charge in [0.05, 0.1) is 6.61 Å². The van der Waals surface area contributed by atoms with Crippen LogP contribution in [0.4, 0.5) is 14.4 Å². The third kappa shape index (κ3) is 7.71. The quantitative estimate of drug-likeness (QED) is 0.450. The predicted molar refractivity (Wildman–Crippen MR) is 156 cm³/mol. The minimum absolute atomic E-state index is 0.0950. The van der Waals surface area contributed by atoms with Crippen molar-refractivity contribution in [2.75, 3.05) is 45.9 Å². The fourth-order valence-corrected chi connectivity index (χ4v) is 5.22. The molecule has 4 amide bonds. The number of carbonyl (C=O) groups is 4. The number of hydrogen-bond donors (Lipinski definition) is 2. The normalized spacial score (nSPS) is 15.2. The summed E-state index contributed by atoms with van der Waals surface area (Å²) in [5, 5.41) is 5.35. The number of benzene rings is 2. The molecule has 1 saturated heterocycles. The third-order valence-corrected chi connectivity index (χ3v) is 7.15. The lowest BCUT2D eigenvalue weighted by Crippen LogP contribution is -2.56. The van der Waals surface area contributed by atoms with E-state index in [0.717, 1.165) is 22.3 Å². The Kier molecular flexibility index (Phi) is 9.92. The van der Waals surface area contributed by atoms with Crippen molar-refractivity contribution < 1.29 is 33.4 Å². The van der Waals surface area contributed by atoms with Crippen LogP contribution in [-0.4, -0.2) is 91.6 Å². The molecular formula is C31H40N4O7. The SMILES string of the molecule is CCOC(=O)N1CCN(C(=O)C(CCNC(=O)OC(C)(C)C)NC(=O)OCC2c3ccccc3-c3ccccc32)CC1. The van der Waals surface area contributed by atoms with E-state index in [1.807, 2.05) is 36.4 Å². The van der Waals surface area contributed by atoms with Gasteiger partial charge in [-0.1, -0.05) is 48.5 Å². The minimum Gasteiger partial charge on any atom is -0.450 e. The van der Waals surface area contributed by atoms with E-state index < -0.39 is 29.9 Å². The number of rotatable bonds is 8. The van der Waals surface area contributed by atoms with Crippen LogP contribution >= 0.6 is 0 Å². The van der Waals surface area contributed by atoms with Gasteiger partial charge in [-0.05, 0) is 56.4 Å². The molecule has 4 rings (SSSR count). The van der Waals surface area contributed by atoms with E-state index >= 15 is 0 Å². The Morgan fingerprint density at radius 3 is 2.00 bits per heavy atom. The van der Waals surface area contributed by atoms with Crippen molar-refractivity contribution >= 4 is 24.2 Å². The molecule has 1 atom stereocenters. The second-order valence-corrected chi connectivity index (χ2v) is 11.3. The largest absolute Gasteiger partial charge is 0.450 e. The van der Waals surface area contributed by atoms with Crippen molar-refractivity contribution in [3.63, 3.8) is 0 Å². The molecular weight excluding hydrogens is 540 g/mol. The maximum Gasteiger partial charge on any atom is 0.409 e. The van der Waals surface area contributed by atoms with Crippen LogP contribution in [0.25, 0.3) is 11.1 Å². The van der Waals surface area contributed by atoms with E-state index in [1.165, 1.54) is 0 Å². The lowest BCUT2D eigenvalue weighted by Gasteiger charge is -2.36. The van der Waals surface area contributed by atoms with Gasteiger partial charge >= 0.3 is 18.3 Å². The van der Waals surface area contributed by atoms with Gasteiger partial charge in [0.15, 0.2) is 0 Å². The van der Waals surface area contributed by atoms with Crippen LogP contribution in [0.2, 0.25) is 0 Å². The second kappa shape index (κ2) is 13.6. The average molecular weight is 581 g/mol. The van der Waals surface area contributed by atoms with Gasteiger partial charge in [0.2, 0.25) is 5.91 Å². The summed E-state index contributed by atoms with van der Waals surface area (Å²) in [6.45, 7) is 8.70. The number of carbonyl (C=O) groups excluding carboxylic acids is 4. The first-order chi connectivity index (χ1) is 20.1. The molecule has 1 unspecified atom stereocenters. The van der Waals surface area contributed by atoms with E-state index in [0.29, 0.717) is 26.2 Å². The first kappa shape index (κ1) is 30.7. The summed E-state index contributed by atoms with van der Waals surface area (Å²) in [5.74, 6) is -0.444. The van der Waals surface area contributed by atoms with Crippen LogP contribution in [0.1, 0.15) is 51.2 Å². The van der Waals surface area contributed by atoms with Crippen LogP contribution in [0, 0.1) is 0 Å². The Hall–Kier alpha value is -4.28. The summed E-state index contributed by atoms with van der Waals surface area (Å²) in [6, 6.07) is 15.1. The maximum atomic E-state index is 13.5. The fourth-order valence-electron chi connectivity index (χ4n) is 5.22. The summed E-state index contributed by atoms with van der Waals surface area (Å²) in [5.41, 5.74) is 3.73. The van der Waals surface area contributed by atoms with Gasteiger partial charge in [0, 0.05) is 38.6 Å². The second-order valence-electron chi connectivity index (χ2n) is 11.3. The molecule has 0 radical (unpaired) electrons. The number of nitrogens with one attached hydrogen (secondary N) is 2. The molecule has 11 nitrogen and oxygen atoms in total. The summed E-state index contributed by atoms with van der Waals surface area (Å²) in [7, 11) is 0. The van der Waals surface area contributed by atoms with E-state index in [2.05, 4.69) is 22.8 Å². The first-order valence-electron chi connectivity index (χ1n) is 14.4.